The third-order valence-electron chi connectivity index (χ3n) is 4.23. The van der Waals surface area contributed by atoms with Gasteiger partial charge in [0.2, 0.25) is 0 Å². The first kappa shape index (κ1) is 16.2. The number of aryl methyl sites for hydroxylation is 1. The highest BCUT2D eigenvalue weighted by Crippen LogP contribution is 2.31. The minimum Gasteiger partial charge on any atom is -0.486 e. The smallest absolute Gasteiger partial charge is 0.297 e. The Balaban J connectivity index is 1.59. The molecule has 1 N–H and O–H groups in total. The second kappa shape index (κ2) is 6.92. The molecule has 0 unspecified atom stereocenters. The van der Waals surface area contributed by atoms with Crippen LogP contribution in [-0.2, 0) is 6.54 Å². The summed E-state index contributed by atoms with van der Waals surface area (Å²) in [7, 11) is 0. The van der Waals surface area contributed by atoms with Crippen molar-refractivity contribution in [2.45, 2.75) is 13.5 Å². The summed E-state index contributed by atoms with van der Waals surface area (Å²) in [6, 6.07) is 13.6. The van der Waals surface area contributed by atoms with Crippen LogP contribution in [0.15, 0.2) is 59.7 Å². The summed E-state index contributed by atoms with van der Waals surface area (Å²) >= 11 is 0. The Bertz CT molecular complexity index is 980. The monoisotopic (exact) mass is 349 g/mol. The van der Waals surface area contributed by atoms with Gasteiger partial charge in [-0.05, 0) is 24.6 Å². The van der Waals surface area contributed by atoms with Crippen LogP contribution in [0.25, 0.3) is 5.69 Å². The third kappa shape index (κ3) is 3.26. The average Bonchev–Trinajstić information content (AvgIpc) is 2.68. The molecule has 0 aliphatic carbocycles. The lowest BCUT2D eigenvalue weighted by Crippen LogP contribution is -2.23. The maximum atomic E-state index is 12.8. The van der Waals surface area contributed by atoms with E-state index in [1.54, 1.807) is 23.0 Å². The molecule has 2 heterocycles. The van der Waals surface area contributed by atoms with E-state index in [0.717, 1.165) is 5.56 Å². The lowest BCUT2D eigenvalue weighted by molar-refractivity contribution is 0.171. The molecule has 26 heavy (non-hydrogen) atoms. The van der Waals surface area contributed by atoms with Crippen molar-refractivity contribution in [1.29, 1.82) is 0 Å². The maximum absolute atomic E-state index is 12.8. The number of fused-ring (bicyclic) bond motifs is 1. The van der Waals surface area contributed by atoms with Gasteiger partial charge in [-0.25, -0.2) is 4.98 Å². The molecule has 1 aliphatic rings. The van der Waals surface area contributed by atoms with Crippen molar-refractivity contribution >= 4 is 5.82 Å². The van der Waals surface area contributed by atoms with Gasteiger partial charge in [-0.3, -0.25) is 9.36 Å². The molecule has 2 aromatic carbocycles. The van der Waals surface area contributed by atoms with Crippen molar-refractivity contribution in [1.82, 2.24) is 9.55 Å². The van der Waals surface area contributed by atoms with Crippen molar-refractivity contribution in [3.05, 3.63) is 76.3 Å². The van der Waals surface area contributed by atoms with E-state index in [9.17, 15) is 4.79 Å². The maximum Gasteiger partial charge on any atom is 0.297 e. The number of hydrogen-bond acceptors (Lipinski definition) is 5. The molecule has 0 radical (unpaired) electrons. The SMILES string of the molecule is Cc1ccc(CNc2nccn(-c3ccc4c(c3)OCCO4)c2=O)cc1. The van der Waals surface area contributed by atoms with Crippen LogP contribution >= 0.6 is 0 Å². The number of ether oxygens (including phenoxy) is 2. The van der Waals surface area contributed by atoms with Crippen LogP contribution in [0, 0.1) is 6.92 Å². The molecule has 3 aromatic rings. The summed E-state index contributed by atoms with van der Waals surface area (Å²) < 4.78 is 12.7. The Morgan fingerprint density at radius 1 is 1.08 bits per heavy atom. The zero-order chi connectivity index (χ0) is 17.9. The Hall–Kier alpha value is -3.28. The summed E-state index contributed by atoms with van der Waals surface area (Å²) in [5.74, 6) is 1.65. The largest absolute Gasteiger partial charge is 0.486 e. The number of hydrogen-bond donors (Lipinski definition) is 1. The average molecular weight is 349 g/mol. The predicted molar refractivity (Wildman–Crippen MR) is 99.3 cm³/mol. The molecule has 0 atom stereocenters. The van der Waals surface area contributed by atoms with Gasteiger partial charge in [0.25, 0.3) is 5.56 Å². The first-order valence-corrected chi connectivity index (χ1v) is 8.48. The predicted octanol–water partition coefficient (Wildman–Crippen LogP) is 2.92. The summed E-state index contributed by atoms with van der Waals surface area (Å²) in [4.78, 5) is 17.0. The van der Waals surface area contributed by atoms with E-state index in [1.165, 1.54) is 5.56 Å². The first-order chi connectivity index (χ1) is 12.7. The fourth-order valence-electron chi connectivity index (χ4n) is 2.81. The van der Waals surface area contributed by atoms with Gasteiger partial charge in [-0.2, -0.15) is 0 Å². The van der Waals surface area contributed by atoms with E-state index in [0.29, 0.717) is 42.8 Å². The molecular weight excluding hydrogens is 330 g/mol. The molecule has 0 amide bonds. The normalized spacial score (nSPS) is 12.7. The van der Waals surface area contributed by atoms with Crippen LogP contribution in [0.5, 0.6) is 11.5 Å². The summed E-state index contributed by atoms with van der Waals surface area (Å²) in [5, 5.41) is 3.12. The van der Waals surface area contributed by atoms with Gasteiger partial charge in [0, 0.05) is 25.0 Å². The number of nitrogens with zero attached hydrogens (tertiary/aromatic N) is 2. The van der Waals surface area contributed by atoms with Crippen LogP contribution in [0.4, 0.5) is 5.82 Å². The van der Waals surface area contributed by atoms with Gasteiger partial charge in [-0.1, -0.05) is 29.8 Å². The standard InChI is InChI=1S/C20H19N3O3/c1-14-2-4-15(5-3-14)13-22-19-20(24)23(9-8-21-19)16-6-7-17-18(12-16)26-11-10-25-17/h2-9,12H,10-11,13H2,1H3,(H,21,22). The van der Waals surface area contributed by atoms with Gasteiger partial charge >= 0.3 is 0 Å². The van der Waals surface area contributed by atoms with Crippen molar-refractivity contribution < 1.29 is 9.47 Å². The molecule has 6 nitrogen and oxygen atoms in total. The Morgan fingerprint density at radius 2 is 1.85 bits per heavy atom. The molecule has 6 heteroatoms. The lowest BCUT2D eigenvalue weighted by atomic mass is 10.1. The highest BCUT2D eigenvalue weighted by molar-refractivity contribution is 5.50. The summed E-state index contributed by atoms with van der Waals surface area (Å²) in [6.45, 7) is 3.62. The number of aromatic nitrogens is 2. The van der Waals surface area contributed by atoms with Gasteiger partial charge < -0.3 is 14.8 Å². The number of anilines is 1. The minimum atomic E-state index is -0.212. The molecule has 1 aliphatic heterocycles. The molecule has 0 bridgehead atoms. The molecule has 0 saturated carbocycles. The molecule has 0 spiro atoms. The van der Waals surface area contributed by atoms with Crippen LogP contribution in [0.1, 0.15) is 11.1 Å². The van der Waals surface area contributed by atoms with Crippen molar-refractivity contribution in [3.63, 3.8) is 0 Å². The van der Waals surface area contributed by atoms with E-state index in [-0.39, 0.29) is 5.56 Å². The lowest BCUT2D eigenvalue weighted by Gasteiger charge is -2.19. The quantitative estimate of drug-likeness (QED) is 0.784. The van der Waals surface area contributed by atoms with E-state index < -0.39 is 0 Å². The molecule has 0 saturated heterocycles. The zero-order valence-electron chi connectivity index (χ0n) is 14.4. The van der Waals surface area contributed by atoms with E-state index >= 15 is 0 Å². The molecule has 0 fully saturated rings. The van der Waals surface area contributed by atoms with Crippen LogP contribution in [0.3, 0.4) is 0 Å². The summed E-state index contributed by atoms with van der Waals surface area (Å²) in [6.07, 6.45) is 3.25. The van der Waals surface area contributed by atoms with Gasteiger partial charge in [0.05, 0.1) is 5.69 Å². The van der Waals surface area contributed by atoms with Crippen molar-refractivity contribution in [2.24, 2.45) is 0 Å². The second-order valence-electron chi connectivity index (χ2n) is 6.12. The van der Waals surface area contributed by atoms with E-state index in [1.807, 2.05) is 43.3 Å². The van der Waals surface area contributed by atoms with Crippen molar-refractivity contribution in [3.8, 4) is 17.2 Å². The Morgan fingerprint density at radius 3 is 2.65 bits per heavy atom. The number of benzene rings is 2. The highest BCUT2D eigenvalue weighted by atomic mass is 16.6. The second-order valence-corrected chi connectivity index (χ2v) is 6.12. The third-order valence-corrected chi connectivity index (χ3v) is 4.23. The number of rotatable bonds is 4. The van der Waals surface area contributed by atoms with Crippen molar-refractivity contribution in [2.75, 3.05) is 18.5 Å². The minimum absolute atomic E-state index is 0.212. The summed E-state index contributed by atoms with van der Waals surface area (Å²) in [5.41, 5.74) is 2.79. The van der Waals surface area contributed by atoms with Crippen LogP contribution in [0.2, 0.25) is 0 Å². The van der Waals surface area contributed by atoms with Crippen LogP contribution < -0.4 is 20.3 Å². The Kier molecular flexibility index (Phi) is 4.31. The molecular formula is C20H19N3O3. The first-order valence-electron chi connectivity index (χ1n) is 8.48. The topological polar surface area (TPSA) is 65.4 Å². The Labute approximate surface area is 151 Å². The number of nitrogens with one attached hydrogen (secondary N) is 1. The van der Waals surface area contributed by atoms with Gasteiger partial charge in [-0.15, -0.1) is 0 Å². The van der Waals surface area contributed by atoms with Crippen LogP contribution in [-0.4, -0.2) is 22.8 Å². The highest BCUT2D eigenvalue weighted by Gasteiger charge is 2.14. The van der Waals surface area contributed by atoms with E-state index in [4.69, 9.17) is 9.47 Å². The molecule has 132 valence electrons. The zero-order valence-corrected chi connectivity index (χ0v) is 14.4. The molecule has 4 rings (SSSR count). The molecule has 1 aromatic heterocycles. The van der Waals surface area contributed by atoms with E-state index in [2.05, 4.69) is 10.3 Å². The fourth-order valence-corrected chi connectivity index (χ4v) is 2.81. The van der Waals surface area contributed by atoms with Gasteiger partial charge in [0.1, 0.15) is 13.2 Å². The fraction of sp³-hybridized carbons (Fsp3) is 0.200. The van der Waals surface area contributed by atoms with Gasteiger partial charge in [0.15, 0.2) is 17.3 Å².